The monoisotopic (exact) mass is 391 g/mol. The maximum Gasteiger partial charge on any atom is 0.276 e. The predicted molar refractivity (Wildman–Crippen MR) is 96.7 cm³/mol. The Hall–Kier alpha value is -2.41. The first kappa shape index (κ1) is 17.9. The van der Waals surface area contributed by atoms with Gasteiger partial charge in [-0.25, -0.2) is 5.43 Å². The van der Waals surface area contributed by atoms with E-state index in [1.54, 1.807) is 19.3 Å². The van der Waals surface area contributed by atoms with E-state index < -0.39 is 5.91 Å². The molecule has 0 radical (unpaired) electrons. The number of aryl methyl sites for hydroxylation is 1. The number of nitrogens with zero attached hydrogens (tertiary/aromatic N) is 2. The average Bonchev–Trinajstić information content (AvgIpc) is 2.56. The third-order valence-corrected chi connectivity index (χ3v) is 3.78. The molecule has 1 N–H and O–H groups in total. The van der Waals surface area contributed by atoms with E-state index in [9.17, 15) is 9.59 Å². The number of carbonyl (C=O) groups is 1. The second-order valence-corrected chi connectivity index (χ2v) is 5.93. The van der Waals surface area contributed by atoms with Crippen molar-refractivity contribution in [3.8, 4) is 5.75 Å². The van der Waals surface area contributed by atoms with Gasteiger partial charge in [-0.3, -0.25) is 9.59 Å². The molecule has 0 aliphatic heterocycles. The average molecular weight is 392 g/mol. The summed E-state index contributed by atoms with van der Waals surface area (Å²) in [6.45, 7) is 2.69. The smallest absolute Gasteiger partial charge is 0.276 e. The maximum absolute atomic E-state index is 12.0. The van der Waals surface area contributed by atoms with Gasteiger partial charge in [-0.05, 0) is 58.2 Å². The Kier molecular flexibility index (Phi) is 6.31. The number of ether oxygens (including phenoxy) is 1. The Bertz CT molecular complexity index is 815. The van der Waals surface area contributed by atoms with Gasteiger partial charge in [0.15, 0.2) is 0 Å². The molecule has 1 aromatic heterocycles. The van der Waals surface area contributed by atoms with Crippen molar-refractivity contribution in [3.05, 3.63) is 62.5 Å². The number of halogens is 1. The number of rotatable bonds is 6. The number of amides is 1. The lowest BCUT2D eigenvalue weighted by atomic mass is 10.2. The first-order valence-corrected chi connectivity index (χ1v) is 8.23. The summed E-state index contributed by atoms with van der Waals surface area (Å²) in [4.78, 5) is 23.8. The summed E-state index contributed by atoms with van der Waals surface area (Å²) in [5.74, 6) is 0.209. The fourth-order valence-corrected chi connectivity index (χ4v) is 2.43. The molecule has 126 valence electrons. The molecule has 1 heterocycles. The highest BCUT2D eigenvalue weighted by Gasteiger charge is 2.09. The Labute approximate surface area is 148 Å². The summed E-state index contributed by atoms with van der Waals surface area (Å²) in [6, 6.07) is 8.58. The molecule has 6 nitrogen and oxygen atoms in total. The Morgan fingerprint density at radius 3 is 2.92 bits per heavy atom. The van der Waals surface area contributed by atoms with E-state index in [0.29, 0.717) is 6.61 Å². The van der Waals surface area contributed by atoms with Gasteiger partial charge in [0.2, 0.25) is 0 Å². The molecule has 0 saturated carbocycles. The molecule has 0 aliphatic rings. The summed E-state index contributed by atoms with van der Waals surface area (Å²) >= 11 is 3.43. The largest absolute Gasteiger partial charge is 0.492 e. The summed E-state index contributed by atoms with van der Waals surface area (Å²) < 4.78 is 7.71. The van der Waals surface area contributed by atoms with Crippen LogP contribution in [0.4, 0.5) is 0 Å². The molecule has 0 atom stereocenters. The summed E-state index contributed by atoms with van der Waals surface area (Å²) in [7, 11) is 1.59. The zero-order chi connectivity index (χ0) is 17.5. The number of aromatic nitrogens is 1. The number of hydrogen-bond donors (Lipinski definition) is 1. The van der Waals surface area contributed by atoms with Crippen LogP contribution in [0.3, 0.4) is 0 Å². The van der Waals surface area contributed by atoms with Gasteiger partial charge in [-0.15, -0.1) is 0 Å². The normalized spacial score (nSPS) is 10.8. The predicted octanol–water partition coefficient (Wildman–Crippen LogP) is 2.70. The zero-order valence-corrected chi connectivity index (χ0v) is 15.0. The molecular weight excluding hydrogens is 374 g/mol. The van der Waals surface area contributed by atoms with Crippen molar-refractivity contribution in [2.45, 2.75) is 13.3 Å². The highest BCUT2D eigenvalue weighted by Crippen LogP contribution is 2.25. The quantitative estimate of drug-likeness (QED) is 0.607. The molecule has 2 rings (SSSR count). The molecule has 7 heteroatoms. The summed E-state index contributed by atoms with van der Waals surface area (Å²) in [6.07, 6.45) is 4.02. The molecule has 0 saturated heterocycles. The van der Waals surface area contributed by atoms with Gasteiger partial charge in [0, 0.05) is 13.2 Å². The zero-order valence-electron chi connectivity index (χ0n) is 13.5. The minimum Gasteiger partial charge on any atom is -0.492 e. The minimum absolute atomic E-state index is 0.0432. The van der Waals surface area contributed by atoms with E-state index in [2.05, 4.69) is 26.5 Å². The number of pyridine rings is 1. The van der Waals surface area contributed by atoms with Crippen LogP contribution < -0.4 is 15.7 Å². The second kappa shape index (κ2) is 8.44. The molecule has 0 aliphatic carbocycles. The van der Waals surface area contributed by atoms with E-state index in [1.165, 1.54) is 16.8 Å². The molecule has 0 bridgehead atoms. The minimum atomic E-state index is -0.547. The third kappa shape index (κ3) is 4.55. The van der Waals surface area contributed by atoms with Crippen LogP contribution in [-0.4, -0.2) is 23.3 Å². The lowest BCUT2D eigenvalue weighted by Gasteiger charge is -2.07. The van der Waals surface area contributed by atoms with Crippen molar-refractivity contribution in [2.24, 2.45) is 12.1 Å². The van der Waals surface area contributed by atoms with Crippen LogP contribution in [0.5, 0.6) is 5.75 Å². The van der Waals surface area contributed by atoms with Crippen molar-refractivity contribution in [1.29, 1.82) is 0 Å². The highest BCUT2D eigenvalue weighted by molar-refractivity contribution is 9.10. The van der Waals surface area contributed by atoms with Crippen LogP contribution in [-0.2, 0) is 7.05 Å². The van der Waals surface area contributed by atoms with Gasteiger partial charge >= 0.3 is 0 Å². The first-order chi connectivity index (χ1) is 11.5. The van der Waals surface area contributed by atoms with Gasteiger partial charge < -0.3 is 9.30 Å². The van der Waals surface area contributed by atoms with Gasteiger partial charge in [0.05, 0.1) is 17.3 Å². The van der Waals surface area contributed by atoms with Crippen LogP contribution in [0.25, 0.3) is 0 Å². The topological polar surface area (TPSA) is 72.7 Å². The number of benzene rings is 1. The summed E-state index contributed by atoms with van der Waals surface area (Å²) in [5.41, 5.74) is 2.81. The molecule has 1 amide bonds. The molecular formula is C17H18BrN3O3. The lowest BCUT2D eigenvalue weighted by molar-refractivity contribution is 0.0953. The molecule has 0 fully saturated rings. The molecule has 24 heavy (non-hydrogen) atoms. The lowest BCUT2D eigenvalue weighted by Crippen LogP contribution is -2.29. The first-order valence-electron chi connectivity index (χ1n) is 7.44. The van der Waals surface area contributed by atoms with Crippen LogP contribution in [0.1, 0.15) is 29.3 Å². The van der Waals surface area contributed by atoms with Crippen molar-refractivity contribution in [2.75, 3.05) is 6.61 Å². The number of carbonyl (C=O) groups excluding carboxylic acids is 1. The van der Waals surface area contributed by atoms with Gasteiger partial charge in [-0.2, -0.15) is 5.10 Å². The van der Waals surface area contributed by atoms with E-state index >= 15 is 0 Å². The Balaban J connectivity index is 2.03. The van der Waals surface area contributed by atoms with Gasteiger partial charge in [-0.1, -0.05) is 6.92 Å². The summed E-state index contributed by atoms with van der Waals surface area (Å²) in [5, 5.41) is 3.89. The van der Waals surface area contributed by atoms with Crippen LogP contribution in [0.15, 0.2) is 50.9 Å². The van der Waals surface area contributed by atoms with Crippen molar-refractivity contribution >= 4 is 28.1 Å². The SMILES string of the molecule is CCCOc1ccc(/C=N\NC(=O)c2cccn(C)c2=O)cc1Br. The highest BCUT2D eigenvalue weighted by atomic mass is 79.9. The Morgan fingerprint density at radius 2 is 2.21 bits per heavy atom. The number of hydrazone groups is 1. The van der Waals surface area contributed by atoms with Gasteiger partial charge in [0.25, 0.3) is 11.5 Å². The number of hydrogen-bond acceptors (Lipinski definition) is 4. The van der Waals surface area contributed by atoms with Crippen LogP contribution in [0, 0.1) is 0 Å². The molecule has 0 spiro atoms. The van der Waals surface area contributed by atoms with Crippen molar-refractivity contribution in [1.82, 2.24) is 9.99 Å². The Morgan fingerprint density at radius 1 is 1.42 bits per heavy atom. The second-order valence-electron chi connectivity index (χ2n) is 5.08. The molecule has 1 aromatic carbocycles. The van der Waals surface area contributed by atoms with Crippen molar-refractivity contribution < 1.29 is 9.53 Å². The maximum atomic E-state index is 12.0. The standard InChI is InChI=1S/C17H18BrN3O3/c1-3-9-24-15-7-6-12(10-14(15)18)11-19-20-16(22)13-5-4-8-21(2)17(13)23/h4-8,10-11H,3,9H2,1-2H3,(H,20,22)/b19-11-. The van der Waals surface area contributed by atoms with E-state index in [0.717, 1.165) is 22.2 Å². The van der Waals surface area contributed by atoms with Crippen LogP contribution in [0.2, 0.25) is 0 Å². The van der Waals surface area contributed by atoms with Crippen molar-refractivity contribution in [3.63, 3.8) is 0 Å². The van der Waals surface area contributed by atoms with Gasteiger partial charge in [0.1, 0.15) is 11.3 Å². The van der Waals surface area contributed by atoms with E-state index in [4.69, 9.17) is 4.74 Å². The third-order valence-electron chi connectivity index (χ3n) is 3.17. The fraction of sp³-hybridized carbons (Fsp3) is 0.235. The fourth-order valence-electron chi connectivity index (χ4n) is 1.92. The van der Waals surface area contributed by atoms with E-state index in [1.807, 2.05) is 25.1 Å². The molecule has 0 unspecified atom stereocenters. The molecule has 2 aromatic rings. The van der Waals surface area contributed by atoms with E-state index in [-0.39, 0.29) is 11.1 Å². The number of nitrogens with one attached hydrogen (secondary N) is 1. The van der Waals surface area contributed by atoms with Crippen LogP contribution >= 0.6 is 15.9 Å².